The molecule has 1 aliphatic carbocycles. The number of ether oxygens (including phenoxy) is 1. The first kappa shape index (κ1) is 28.8. The molecule has 2 aromatic carbocycles. The molecule has 1 saturated carbocycles. The molecule has 0 unspecified atom stereocenters. The maximum atomic E-state index is 13.2. The van der Waals surface area contributed by atoms with Crippen LogP contribution in [0.1, 0.15) is 89.5 Å². The van der Waals surface area contributed by atoms with Crippen molar-refractivity contribution in [3.63, 3.8) is 0 Å². The van der Waals surface area contributed by atoms with Crippen LogP contribution >= 0.6 is 0 Å². The maximum absolute atomic E-state index is 13.2. The van der Waals surface area contributed by atoms with Crippen LogP contribution in [0.2, 0.25) is 0 Å². The summed E-state index contributed by atoms with van der Waals surface area (Å²) in [4.78, 5) is 25.3. The molecular weight excluding hydrogens is 568 g/mol. The molecule has 1 aliphatic heterocycles. The lowest BCUT2D eigenvalue weighted by Crippen LogP contribution is -2.35. The fraction of sp³-hybridized carbons (Fsp3) is 0.333. The number of carboxylic acid groups (broad SMARTS) is 1. The molecule has 0 bridgehead atoms. The third-order valence-corrected chi connectivity index (χ3v) is 10.3. The first-order valence-electron chi connectivity index (χ1n) is 14.5. The Kier molecular flexibility index (Phi) is 7.41. The van der Waals surface area contributed by atoms with E-state index in [1.54, 1.807) is 19.2 Å². The van der Waals surface area contributed by atoms with Gasteiger partial charge in [-0.25, -0.2) is 17.9 Å². The number of aromatic carboxylic acids is 1. The first-order chi connectivity index (χ1) is 20.6. The Morgan fingerprint density at radius 3 is 2.53 bits per heavy atom. The second-order valence-corrected chi connectivity index (χ2v) is 13.8. The zero-order valence-electron chi connectivity index (χ0n) is 24.3. The Bertz CT molecular complexity index is 1890. The number of methoxy groups -OCH3 is 1. The summed E-state index contributed by atoms with van der Waals surface area (Å²) in [6.07, 6.45) is 8.82. The number of rotatable bonds is 7. The minimum atomic E-state index is -3.83. The number of carboxylic acids is 1. The van der Waals surface area contributed by atoms with Crippen molar-refractivity contribution in [2.24, 2.45) is 0 Å². The number of carbonyl (C=O) groups excluding carboxylic acids is 1. The van der Waals surface area contributed by atoms with Crippen molar-refractivity contribution in [1.82, 2.24) is 9.29 Å². The van der Waals surface area contributed by atoms with Crippen molar-refractivity contribution in [1.29, 1.82) is 0 Å². The molecule has 1 fully saturated rings. The second kappa shape index (κ2) is 11.1. The summed E-state index contributed by atoms with van der Waals surface area (Å²) in [6.45, 7) is 3.31. The fourth-order valence-electron chi connectivity index (χ4n) is 6.35. The van der Waals surface area contributed by atoms with Gasteiger partial charge in [0.25, 0.3) is 5.91 Å². The highest BCUT2D eigenvalue weighted by atomic mass is 32.2. The number of hydrogen-bond acceptors (Lipinski definition) is 6. The van der Waals surface area contributed by atoms with Crippen molar-refractivity contribution >= 4 is 44.5 Å². The van der Waals surface area contributed by atoms with Crippen LogP contribution in [-0.2, 0) is 16.6 Å². The average molecular weight is 603 g/mol. The lowest BCUT2D eigenvalue weighted by molar-refractivity contribution is 0.0695. The smallest absolute Gasteiger partial charge is 0.339 e. The summed E-state index contributed by atoms with van der Waals surface area (Å²) >= 11 is 0. The van der Waals surface area contributed by atoms with E-state index >= 15 is 0 Å². The number of benzene rings is 2. The molecule has 3 heterocycles. The summed E-state index contributed by atoms with van der Waals surface area (Å²) in [5, 5.41) is 10.1. The van der Waals surface area contributed by atoms with E-state index in [-0.39, 0.29) is 23.4 Å². The van der Waals surface area contributed by atoms with Gasteiger partial charge in [0.05, 0.1) is 30.9 Å². The number of aromatic nitrogens is 1. The predicted octanol–water partition coefficient (Wildman–Crippen LogP) is 6.68. The molecule has 1 amide bonds. The van der Waals surface area contributed by atoms with Crippen molar-refractivity contribution in [3.05, 3.63) is 76.7 Å². The molecule has 10 heteroatoms. The van der Waals surface area contributed by atoms with Crippen molar-refractivity contribution in [2.75, 3.05) is 7.11 Å². The first-order valence-corrected chi connectivity index (χ1v) is 16.1. The number of amides is 1. The Hall–Kier alpha value is -4.31. The number of sulfonamides is 1. The molecule has 9 nitrogen and oxygen atoms in total. The predicted molar refractivity (Wildman–Crippen MR) is 165 cm³/mol. The molecule has 2 N–H and O–H groups in total. The third-order valence-electron chi connectivity index (χ3n) is 8.59. The number of furan rings is 1. The maximum Gasteiger partial charge on any atom is 0.339 e. The van der Waals surface area contributed by atoms with Crippen LogP contribution in [0.25, 0.3) is 33.8 Å². The van der Waals surface area contributed by atoms with Crippen LogP contribution < -0.4 is 9.46 Å². The molecule has 0 atom stereocenters. The van der Waals surface area contributed by atoms with Crippen LogP contribution in [0.5, 0.6) is 5.75 Å². The molecule has 2 aromatic heterocycles. The summed E-state index contributed by atoms with van der Waals surface area (Å²) < 4.78 is 40.6. The standard InChI is InChI=1S/C33H34N2O7S/c1-19(2)43(39,40)34-32(36)21-9-11-26-28(17-21)35-18-23(31-27(33(37)38)13-14-42-31)15-22-16-24(41-3)10-12-25(22)30(35)29(26)20-7-5-4-6-8-20/h9-17,19-20H,4-8,18H2,1-3H3,(H,34,36)(H,37,38). The monoisotopic (exact) mass is 602 g/mol. The molecule has 43 heavy (non-hydrogen) atoms. The Balaban J connectivity index is 1.62. The van der Waals surface area contributed by atoms with Gasteiger partial charge in [0.2, 0.25) is 10.0 Å². The van der Waals surface area contributed by atoms with E-state index < -0.39 is 27.1 Å². The second-order valence-electron chi connectivity index (χ2n) is 11.5. The summed E-state index contributed by atoms with van der Waals surface area (Å²) in [5.41, 5.74) is 5.72. The molecule has 224 valence electrons. The van der Waals surface area contributed by atoms with Gasteiger partial charge in [-0.2, -0.15) is 0 Å². The summed E-state index contributed by atoms with van der Waals surface area (Å²) in [6, 6.07) is 12.6. The van der Waals surface area contributed by atoms with Gasteiger partial charge in [-0.3, -0.25) is 4.79 Å². The van der Waals surface area contributed by atoms with E-state index in [0.717, 1.165) is 53.4 Å². The van der Waals surface area contributed by atoms with Gasteiger partial charge in [-0.05, 0) is 86.2 Å². The minimum absolute atomic E-state index is 0.0575. The number of hydrogen-bond donors (Lipinski definition) is 2. The lowest BCUT2D eigenvalue weighted by Gasteiger charge is -2.24. The molecular formula is C33H34N2O7S. The third kappa shape index (κ3) is 5.14. The van der Waals surface area contributed by atoms with Crippen molar-refractivity contribution in [2.45, 2.75) is 63.7 Å². The van der Waals surface area contributed by atoms with Crippen LogP contribution in [0.15, 0.2) is 53.1 Å². The SMILES string of the molecule is COc1ccc2c(c1)C=C(c1occc1C(=O)O)Cn1c-2c(C2CCCCC2)c2ccc(C(=O)NS(=O)(=O)C(C)C)cc21. The molecule has 4 aromatic rings. The van der Waals surface area contributed by atoms with Gasteiger partial charge in [0, 0.05) is 27.6 Å². The molecule has 0 saturated heterocycles. The number of nitrogens with one attached hydrogen (secondary N) is 1. The van der Waals surface area contributed by atoms with Crippen LogP contribution in [0.3, 0.4) is 0 Å². The van der Waals surface area contributed by atoms with Crippen molar-refractivity contribution in [3.8, 4) is 17.0 Å². The Morgan fingerprint density at radius 2 is 1.84 bits per heavy atom. The minimum Gasteiger partial charge on any atom is -0.497 e. The van der Waals surface area contributed by atoms with Gasteiger partial charge in [-0.15, -0.1) is 0 Å². The van der Waals surface area contributed by atoms with Gasteiger partial charge in [0.1, 0.15) is 17.1 Å². The molecule has 0 radical (unpaired) electrons. The topological polar surface area (TPSA) is 128 Å². The summed E-state index contributed by atoms with van der Waals surface area (Å²) in [7, 11) is -2.22. The number of carbonyl (C=O) groups is 2. The lowest BCUT2D eigenvalue weighted by atomic mass is 9.81. The molecule has 6 rings (SSSR count). The van der Waals surface area contributed by atoms with Crippen LogP contribution in [0.4, 0.5) is 0 Å². The number of allylic oxidation sites excluding steroid dienone is 1. The highest BCUT2D eigenvalue weighted by Crippen LogP contribution is 2.48. The van der Waals surface area contributed by atoms with E-state index in [9.17, 15) is 23.1 Å². The van der Waals surface area contributed by atoms with E-state index in [1.165, 1.54) is 38.2 Å². The van der Waals surface area contributed by atoms with Gasteiger partial charge in [0.15, 0.2) is 0 Å². The summed E-state index contributed by atoms with van der Waals surface area (Å²) in [5.74, 6) is -0.568. The largest absolute Gasteiger partial charge is 0.497 e. The highest BCUT2D eigenvalue weighted by Gasteiger charge is 2.31. The zero-order chi connectivity index (χ0) is 30.5. The molecule has 2 aliphatic rings. The van der Waals surface area contributed by atoms with E-state index in [0.29, 0.717) is 17.2 Å². The quantitative estimate of drug-likeness (QED) is 0.242. The van der Waals surface area contributed by atoms with E-state index in [1.807, 2.05) is 30.3 Å². The fourth-order valence-corrected chi connectivity index (χ4v) is 6.96. The van der Waals surface area contributed by atoms with E-state index in [4.69, 9.17) is 9.15 Å². The average Bonchev–Trinajstić information content (AvgIpc) is 3.56. The van der Waals surface area contributed by atoms with Crippen LogP contribution in [-0.4, -0.2) is 42.3 Å². The Labute approximate surface area is 250 Å². The zero-order valence-corrected chi connectivity index (χ0v) is 25.2. The highest BCUT2D eigenvalue weighted by molar-refractivity contribution is 7.90. The van der Waals surface area contributed by atoms with E-state index in [2.05, 4.69) is 9.29 Å². The van der Waals surface area contributed by atoms with Gasteiger partial charge < -0.3 is 18.8 Å². The Morgan fingerprint density at radius 1 is 1.07 bits per heavy atom. The number of fused-ring (bicyclic) bond motifs is 5. The van der Waals surface area contributed by atoms with Gasteiger partial charge >= 0.3 is 5.97 Å². The molecule has 0 spiro atoms. The van der Waals surface area contributed by atoms with Crippen molar-refractivity contribution < 1.29 is 32.3 Å². The van der Waals surface area contributed by atoms with Gasteiger partial charge in [-0.1, -0.05) is 25.3 Å². The normalized spacial score (nSPS) is 15.5. The van der Waals surface area contributed by atoms with Crippen LogP contribution in [0, 0.1) is 0 Å². The number of nitrogens with zero attached hydrogens (tertiary/aromatic N) is 1.